The van der Waals surface area contributed by atoms with Crippen molar-refractivity contribution in [2.24, 2.45) is 5.92 Å². The summed E-state index contributed by atoms with van der Waals surface area (Å²) in [6.45, 7) is 3.09. The Morgan fingerprint density at radius 1 is 0.950 bits per heavy atom. The van der Waals surface area contributed by atoms with Gasteiger partial charge in [-0.05, 0) is 42.7 Å². The highest BCUT2D eigenvalue weighted by Crippen LogP contribution is 2.32. The van der Waals surface area contributed by atoms with E-state index >= 15 is 0 Å². The molecule has 4 rings (SSSR count). The van der Waals surface area contributed by atoms with E-state index < -0.39 is 65.3 Å². The van der Waals surface area contributed by atoms with E-state index in [4.69, 9.17) is 14.2 Å². The topological polar surface area (TPSA) is 44.8 Å². The maximum Gasteiger partial charge on any atom is 0.346 e. The van der Waals surface area contributed by atoms with Crippen LogP contribution in [0.2, 0.25) is 0 Å². The fourth-order valence-corrected chi connectivity index (χ4v) is 4.36. The molecule has 212 valence electrons. The summed E-state index contributed by atoms with van der Waals surface area (Å²) in [7, 11) is 0. The Kier molecular flexibility index (Phi) is 9.65. The lowest BCUT2D eigenvalue weighted by molar-refractivity contribution is -0.206. The van der Waals surface area contributed by atoms with Crippen LogP contribution in [0.1, 0.15) is 47.5 Å². The predicted octanol–water partition coefficient (Wildman–Crippen LogP) is 7.95. The van der Waals surface area contributed by atoms with Crippen molar-refractivity contribution >= 4 is 5.97 Å². The van der Waals surface area contributed by atoms with E-state index in [1.807, 2.05) is 0 Å². The van der Waals surface area contributed by atoms with Gasteiger partial charge in [-0.3, -0.25) is 0 Å². The van der Waals surface area contributed by atoms with Gasteiger partial charge < -0.3 is 14.2 Å². The monoisotopic (exact) mass is 564 g/mol. The highest BCUT2D eigenvalue weighted by atomic mass is 19.3. The van der Waals surface area contributed by atoms with Gasteiger partial charge in [0.25, 0.3) is 6.43 Å². The number of benzene rings is 3. The summed E-state index contributed by atoms with van der Waals surface area (Å²) >= 11 is 0. The zero-order valence-corrected chi connectivity index (χ0v) is 21.4. The molecule has 0 aromatic heterocycles. The molecule has 0 N–H and O–H groups in total. The first kappa shape index (κ1) is 29.4. The van der Waals surface area contributed by atoms with E-state index in [0.29, 0.717) is 42.9 Å². The van der Waals surface area contributed by atoms with Gasteiger partial charge in [-0.15, -0.1) is 0 Å². The first-order chi connectivity index (χ1) is 19.2. The number of alkyl halides is 2. The van der Waals surface area contributed by atoms with E-state index in [1.165, 1.54) is 18.2 Å². The van der Waals surface area contributed by atoms with Crippen LogP contribution in [0.15, 0.2) is 60.7 Å². The quantitative estimate of drug-likeness (QED) is 0.115. The van der Waals surface area contributed by atoms with Crippen molar-refractivity contribution in [1.29, 1.82) is 0 Å². The normalized spacial score (nSPS) is 17.5. The Morgan fingerprint density at radius 2 is 1.65 bits per heavy atom. The molecule has 0 radical (unpaired) electrons. The molecule has 4 nitrogen and oxygen atoms in total. The van der Waals surface area contributed by atoms with Crippen LogP contribution in [0, 0.1) is 29.2 Å². The van der Waals surface area contributed by atoms with Crippen LogP contribution in [0.3, 0.4) is 0 Å². The number of halogens is 6. The van der Waals surface area contributed by atoms with E-state index in [0.717, 1.165) is 31.1 Å². The second-order valence-electron chi connectivity index (χ2n) is 9.31. The predicted molar refractivity (Wildman–Crippen MR) is 135 cm³/mol. The second kappa shape index (κ2) is 13.1. The number of carbonyl (C=O) groups excluding carboxylic acids is 1. The maximum absolute atomic E-state index is 15.0. The summed E-state index contributed by atoms with van der Waals surface area (Å²) in [5.74, 6) is -5.43. The van der Waals surface area contributed by atoms with Gasteiger partial charge in [0.1, 0.15) is 29.0 Å². The molecular formula is C30H26F6O4. The fraction of sp³-hybridized carbons (Fsp3) is 0.300. The average Bonchev–Trinajstić information content (AvgIpc) is 2.90. The minimum Gasteiger partial charge on any atom is -0.423 e. The zero-order chi connectivity index (χ0) is 28.8. The molecular weight excluding hydrogens is 538 g/mol. The summed E-state index contributed by atoms with van der Waals surface area (Å²) in [6.07, 6.45) is -0.542. The van der Waals surface area contributed by atoms with Crippen molar-refractivity contribution in [2.75, 3.05) is 13.2 Å². The van der Waals surface area contributed by atoms with Crippen LogP contribution < -0.4 is 4.74 Å². The van der Waals surface area contributed by atoms with E-state index in [-0.39, 0.29) is 11.1 Å². The molecule has 1 aliphatic heterocycles. The number of rotatable bonds is 9. The molecule has 0 spiro atoms. The summed E-state index contributed by atoms with van der Waals surface area (Å²) < 4.78 is 99.1. The van der Waals surface area contributed by atoms with Gasteiger partial charge in [0.15, 0.2) is 6.29 Å². The van der Waals surface area contributed by atoms with Crippen LogP contribution >= 0.6 is 0 Å². The summed E-state index contributed by atoms with van der Waals surface area (Å²) in [4.78, 5) is 12.5. The molecule has 10 heteroatoms. The van der Waals surface area contributed by atoms with Crippen molar-refractivity contribution < 1.29 is 45.3 Å². The molecule has 0 bridgehead atoms. The summed E-state index contributed by atoms with van der Waals surface area (Å²) in [6, 6.07) is 9.01. The summed E-state index contributed by atoms with van der Waals surface area (Å²) in [5, 5.41) is 0. The Morgan fingerprint density at radius 3 is 2.25 bits per heavy atom. The molecule has 40 heavy (non-hydrogen) atoms. The Labute approximate surface area is 227 Å². The van der Waals surface area contributed by atoms with Crippen molar-refractivity contribution in [3.8, 4) is 16.9 Å². The van der Waals surface area contributed by atoms with Gasteiger partial charge in [0.05, 0.1) is 18.8 Å². The van der Waals surface area contributed by atoms with E-state index in [1.54, 1.807) is 6.07 Å². The molecule has 1 heterocycles. The Balaban J connectivity index is 1.45. The van der Waals surface area contributed by atoms with E-state index in [2.05, 4.69) is 6.92 Å². The molecule has 3 aromatic carbocycles. The van der Waals surface area contributed by atoms with Crippen LogP contribution in [0.4, 0.5) is 26.3 Å². The molecule has 0 atom stereocenters. The SMILES string of the molecule is CCCC1COC(c2ccc(-c3ccc(C(=O)Oc4cc(F)c(C/C=C/C(F)F)c(F)c4)c(F)c3)c(F)c2)OC1. The lowest BCUT2D eigenvalue weighted by atomic mass is 10.0. The number of carbonyl (C=O) groups is 1. The molecule has 1 saturated heterocycles. The van der Waals surface area contributed by atoms with Crippen LogP contribution in [-0.2, 0) is 15.9 Å². The molecule has 0 aliphatic carbocycles. The molecule has 0 unspecified atom stereocenters. The largest absolute Gasteiger partial charge is 0.423 e. The highest BCUT2D eigenvalue weighted by Gasteiger charge is 2.24. The van der Waals surface area contributed by atoms with Gasteiger partial charge in [-0.25, -0.2) is 31.1 Å². The first-order valence-corrected chi connectivity index (χ1v) is 12.6. The van der Waals surface area contributed by atoms with Crippen molar-refractivity contribution in [2.45, 2.75) is 38.9 Å². The third kappa shape index (κ3) is 7.11. The van der Waals surface area contributed by atoms with E-state index in [9.17, 15) is 31.1 Å². The van der Waals surface area contributed by atoms with Crippen LogP contribution in [0.25, 0.3) is 11.1 Å². The number of hydrogen-bond donors (Lipinski definition) is 0. The molecule has 1 aliphatic rings. The lowest BCUT2D eigenvalue weighted by Gasteiger charge is -2.29. The van der Waals surface area contributed by atoms with Crippen LogP contribution in [-0.4, -0.2) is 25.6 Å². The molecule has 3 aromatic rings. The minimum absolute atomic E-state index is 0.0721. The van der Waals surface area contributed by atoms with Gasteiger partial charge in [0, 0.05) is 34.7 Å². The second-order valence-corrected chi connectivity index (χ2v) is 9.31. The number of hydrogen-bond acceptors (Lipinski definition) is 4. The summed E-state index contributed by atoms with van der Waals surface area (Å²) in [5.41, 5.74) is -0.348. The first-order valence-electron chi connectivity index (χ1n) is 12.6. The minimum atomic E-state index is -2.77. The number of ether oxygens (including phenoxy) is 3. The van der Waals surface area contributed by atoms with Crippen molar-refractivity contribution in [3.05, 3.63) is 101 Å². The smallest absolute Gasteiger partial charge is 0.346 e. The van der Waals surface area contributed by atoms with Gasteiger partial charge >= 0.3 is 5.97 Å². The standard InChI is InChI=1S/C30H26F6O4/c1-2-4-17-15-38-30(39-16-17)19-8-9-21(24(31)12-19)18-7-10-23(25(32)11-18)29(37)40-20-13-26(33)22(27(34)14-20)5-3-6-28(35)36/h3,6-14,17,28,30H,2,4-5,15-16H2,1H3/b6-3+. The van der Waals surface area contributed by atoms with Gasteiger partial charge in [-0.2, -0.15) is 0 Å². The molecule has 1 fully saturated rings. The lowest BCUT2D eigenvalue weighted by Crippen LogP contribution is -2.27. The van der Waals surface area contributed by atoms with Gasteiger partial charge in [0.2, 0.25) is 0 Å². The van der Waals surface area contributed by atoms with Crippen molar-refractivity contribution in [1.82, 2.24) is 0 Å². The Bertz CT molecular complexity index is 1360. The zero-order valence-electron chi connectivity index (χ0n) is 21.4. The fourth-order valence-electron chi connectivity index (χ4n) is 4.36. The van der Waals surface area contributed by atoms with Crippen LogP contribution in [0.5, 0.6) is 5.75 Å². The third-order valence-corrected chi connectivity index (χ3v) is 6.36. The number of esters is 1. The third-order valence-electron chi connectivity index (χ3n) is 6.36. The molecule has 0 saturated carbocycles. The molecule has 0 amide bonds. The van der Waals surface area contributed by atoms with Crippen molar-refractivity contribution in [3.63, 3.8) is 0 Å². The van der Waals surface area contributed by atoms with Gasteiger partial charge in [-0.1, -0.05) is 37.6 Å². The number of allylic oxidation sites excluding steroid dienone is 2. The highest BCUT2D eigenvalue weighted by molar-refractivity contribution is 5.92. The Hall–Kier alpha value is -3.63. The maximum atomic E-state index is 15.0. The average molecular weight is 565 g/mol.